The molecule has 3 unspecified atom stereocenters. The van der Waals surface area contributed by atoms with E-state index in [1.165, 1.54) is 24.6 Å². The van der Waals surface area contributed by atoms with Gasteiger partial charge in [0.1, 0.15) is 11.6 Å². The van der Waals surface area contributed by atoms with Crippen LogP contribution in [0.15, 0.2) is 59.0 Å². The molecule has 1 aromatic carbocycles. The predicted molar refractivity (Wildman–Crippen MR) is 203 cm³/mol. The number of aromatic nitrogens is 1. The Labute approximate surface area is 294 Å². The quantitative estimate of drug-likeness (QED) is 0.0740. The fourth-order valence-electron chi connectivity index (χ4n) is 5.72. The Bertz CT molecular complexity index is 1670. The van der Waals surface area contributed by atoms with Gasteiger partial charge < -0.3 is 10.1 Å². The van der Waals surface area contributed by atoms with Gasteiger partial charge in [0.25, 0.3) is 0 Å². The molecular formula is C42H58F2N4O. The Balaban J connectivity index is 2.77. The van der Waals surface area contributed by atoms with Crippen molar-refractivity contribution in [3.8, 4) is 6.07 Å². The van der Waals surface area contributed by atoms with Gasteiger partial charge >= 0.3 is 0 Å². The zero-order chi connectivity index (χ0) is 36.7. The molecule has 0 bridgehead atoms. The molecule has 0 amide bonds. The van der Waals surface area contributed by atoms with Crippen LogP contribution in [0.3, 0.4) is 0 Å². The summed E-state index contributed by atoms with van der Waals surface area (Å²) in [5.41, 5.74) is 4.18. The number of pyridine rings is 1. The second-order valence-corrected chi connectivity index (χ2v) is 13.1. The Kier molecular flexibility index (Phi) is 17.2. The molecule has 0 aliphatic rings. The van der Waals surface area contributed by atoms with Crippen LogP contribution in [0.4, 0.5) is 14.5 Å². The van der Waals surface area contributed by atoms with E-state index in [2.05, 4.69) is 59.2 Å². The smallest absolute Gasteiger partial charge is 0.190 e. The third-order valence-corrected chi connectivity index (χ3v) is 9.39. The highest BCUT2D eigenvalue weighted by Gasteiger charge is 2.21. The first-order valence-electron chi connectivity index (χ1n) is 18.0. The first-order valence-corrected chi connectivity index (χ1v) is 18.0. The summed E-state index contributed by atoms with van der Waals surface area (Å²) < 4.78 is 37.7. The Morgan fingerprint density at radius 3 is 2.35 bits per heavy atom. The monoisotopic (exact) mass is 672 g/mol. The molecule has 1 heterocycles. The average Bonchev–Trinajstić information content (AvgIpc) is 3.09. The van der Waals surface area contributed by atoms with Gasteiger partial charge in [-0.25, -0.2) is 13.8 Å². The first-order chi connectivity index (χ1) is 23.4. The molecule has 266 valence electrons. The number of hydrogen-bond donors (Lipinski definition) is 1. The maximum absolute atomic E-state index is 16.6. The highest BCUT2D eigenvalue weighted by atomic mass is 19.1. The normalized spacial score (nSPS) is 15.6. The Morgan fingerprint density at radius 1 is 1.06 bits per heavy atom. The molecule has 0 spiro atoms. The molecule has 0 aliphatic carbocycles. The SMILES string of the molecule is C=CC(=C\N=C(OCCCCCC)C(C)CC)/C(=C(F)/C=c1/nc(C)c(C(C)CC)c(N[C@H](C)c2cc(C#N)ccc2F)c1=C)C(C)CC. The van der Waals surface area contributed by atoms with Crippen molar-refractivity contribution >= 4 is 24.2 Å². The molecule has 0 saturated carbocycles. The number of unbranched alkanes of at least 4 members (excludes halogenated alkanes) is 3. The summed E-state index contributed by atoms with van der Waals surface area (Å²) >= 11 is 0. The lowest BCUT2D eigenvalue weighted by Crippen LogP contribution is -2.34. The summed E-state index contributed by atoms with van der Waals surface area (Å²) in [7, 11) is 0. The van der Waals surface area contributed by atoms with Gasteiger partial charge in [-0.1, -0.05) is 87.0 Å². The summed E-state index contributed by atoms with van der Waals surface area (Å²) in [5.74, 6) is -0.115. The fraction of sp³-hybridized carbons (Fsp3) is 0.500. The van der Waals surface area contributed by atoms with E-state index in [0.717, 1.165) is 43.4 Å². The van der Waals surface area contributed by atoms with Crippen LogP contribution in [-0.4, -0.2) is 17.5 Å². The molecule has 4 atom stereocenters. The summed E-state index contributed by atoms with van der Waals surface area (Å²) in [6, 6.07) is 5.91. The zero-order valence-electron chi connectivity index (χ0n) is 31.4. The Hall–Kier alpha value is -4.05. The molecule has 49 heavy (non-hydrogen) atoms. The number of benzene rings is 1. The minimum absolute atomic E-state index is 0.116. The van der Waals surface area contributed by atoms with Gasteiger partial charge in [0.05, 0.1) is 29.6 Å². The van der Waals surface area contributed by atoms with Crippen molar-refractivity contribution in [1.82, 2.24) is 4.98 Å². The van der Waals surface area contributed by atoms with Gasteiger partial charge in [-0.15, -0.1) is 0 Å². The van der Waals surface area contributed by atoms with Crippen LogP contribution in [0.25, 0.3) is 12.7 Å². The second kappa shape index (κ2) is 20.5. The van der Waals surface area contributed by atoms with Crippen molar-refractivity contribution in [2.45, 2.75) is 119 Å². The number of ether oxygens (including phenoxy) is 1. The number of nitrogens with one attached hydrogen (secondary N) is 1. The van der Waals surface area contributed by atoms with Crippen molar-refractivity contribution < 1.29 is 13.5 Å². The van der Waals surface area contributed by atoms with Crippen LogP contribution >= 0.6 is 0 Å². The van der Waals surface area contributed by atoms with E-state index in [0.29, 0.717) is 57.5 Å². The third kappa shape index (κ3) is 11.2. The highest BCUT2D eigenvalue weighted by molar-refractivity contribution is 5.79. The van der Waals surface area contributed by atoms with Gasteiger partial charge in [-0.2, -0.15) is 5.26 Å². The molecule has 1 aromatic heterocycles. The lowest BCUT2D eigenvalue weighted by atomic mass is 9.90. The lowest BCUT2D eigenvalue weighted by molar-refractivity contribution is 0.271. The molecule has 5 nitrogen and oxygen atoms in total. The van der Waals surface area contributed by atoms with Gasteiger partial charge in [0, 0.05) is 40.4 Å². The molecule has 2 aromatic rings. The van der Waals surface area contributed by atoms with Crippen LogP contribution in [0, 0.1) is 35.9 Å². The Morgan fingerprint density at radius 2 is 1.76 bits per heavy atom. The number of nitrogens with zero attached hydrogens (tertiary/aromatic N) is 3. The van der Waals surface area contributed by atoms with Crippen LogP contribution in [0.5, 0.6) is 0 Å². The second-order valence-electron chi connectivity index (χ2n) is 13.1. The van der Waals surface area contributed by atoms with Crippen LogP contribution in [0.2, 0.25) is 0 Å². The molecule has 1 N–H and O–H groups in total. The average molecular weight is 673 g/mol. The summed E-state index contributed by atoms with van der Waals surface area (Å²) in [5, 5.41) is 13.8. The number of anilines is 1. The van der Waals surface area contributed by atoms with Crippen molar-refractivity contribution in [2.24, 2.45) is 16.8 Å². The van der Waals surface area contributed by atoms with Crippen LogP contribution in [0.1, 0.15) is 135 Å². The van der Waals surface area contributed by atoms with Crippen molar-refractivity contribution in [3.05, 3.63) is 92.8 Å². The fourth-order valence-corrected chi connectivity index (χ4v) is 5.72. The molecule has 0 radical (unpaired) electrons. The third-order valence-electron chi connectivity index (χ3n) is 9.39. The number of aryl methyl sites for hydroxylation is 1. The van der Waals surface area contributed by atoms with Crippen LogP contribution in [-0.2, 0) is 4.74 Å². The summed E-state index contributed by atoms with van der Waals surface area (Å²) in [6.07, 6.45) is 11.6. The van der Waals surface area contributed by atoms with Gasteiger partial charge in [0.15, 0.2) is 5.90 Å². The van der Waals surface area contributed by atoms with Gasteiger partial charge in [-0.05, 0) is 86.3 Å². The number of nitriles is 1. The minimum atomic E-state index is -0.496. The molecular weight excluding hydrogens is 614 g/mol. The predicted octanol–water partition coefficient (Wildman–Crippen LogP) is 10.7. The van der Waals surface area contributed by atoms with Crippen molar-refractivity contribution in [1.29, 1.82) is 5.26 Å². The van der Waals surface area contributed by atoms with E-state index in [-0.39, 0.29) is 17.8 Å². The lowest BCUT2D eigenvalue weighted by Gasteiger charge is -2.23. The summed E-state index contributed by atoms with van der Waals surface area (Å²) in [4.78, 5) is 9.58. The molecule has 0 aliphatic heterocycles. The number of rotatable bonds is 18. The van der Waals surface area contributed by atoms with Crippen molar-refractivity contribution in [3.63, 3.8) is 0 Å². The van der Waals surface area contributed by atoms with E-state index in [9.17, 15) is 9.65 Å². The largest absolute Gasteiger partial charge is 0.481 e. The minimum Gasteiger partial charge on any atom is -0.481 e. The zero-order valence-corrected chi connectivity index (χ0v) is 31.4. The van der Waals surface area contributed by atoms with E-state index in [4.69, 9.17) is 14.7 Å². The maximum atomic E-state index is 16.6. The summed E-state index contributed by atoms with van der Waals surface area (Å²) in [6.45, 7) is 27.3. The topological polar surface area (TPSA) is 70.3 Å². The number of aliphatic imine (C=N–C) groups is 1. The number of allylic oxidation sites excluding steroid dienone is 4. The maximum Gasteiger partial charge on any atom is 0.190 e. The van der Waals surface area contributed by atoms with Crippen molar-refractivity contribution in [2.75, 3.05) is 11.9 Å². The van der Waals surface area contributed by atoms with Gasteiger partial charge in [-0.3, -0.25) is 4.98 Å². The van der Waals surface area contributed by atoms with E-state index < -0.39 is 17.7 Å². The van der Waals surface area contributed by atoms with E-state index in [1.807, 2.05) is 27.7 Å². The first kappa shape index (κ1) is 41.1. The van der Waals surface area contributed by atoms with E-state index in [1.54, 1.807) is 18.3 Å². The highest BCUT2D eigenvalue weighted by Crippen LogP contribution is 2.31. The molecule has 0 fully saturated rings. The number of hydrogen-bond acceptors (Lipinski definition) is 5. The molecule has 0 saturated heterocycles. The molecule has 2 rings (SSSR count). The number of halogens is 2. The van der Waals surface area contributed by atoms with Gasteiger partial charge in [0.2, 0.25) is 0 Å². The van der Waals surface area contributed by atoms with E-state index >= 15 is 4.39 Å². The molecule has 7 heteroatoms. The van der Waals surface area contributed by atoms with Crippen LogP contribution < -0.4 is 15.9 Å². The standard InChI is InChI=1S/C42H58F2N4O/c1-12-17-18-19-22-49-42(29(8)15-4)46-26-34(16-5)40(28(7)14-3)37(44)24-38-30(9)41(39(27(6)13-2)32(11)47-38)48-31(10)35-23-33(25-45)20-21-36(35)43/h16,20-21,23-24,26-29,31,48H,5,9,12-15,17-19,22H2,1-4,6-8,10-11H3/b34-26+,38-24+,40-37-,46-42?/t27?,28?,29?,31-/m1/s1.